The number of methoxy groups -OCH3 is 2. The van der Waals surface area contributed by atoms with E-state index in [4.69, 9.17) is 19.0 Å². The zero-order chi connectivity index (χ0) is 22.5. The maximum atomic E-state index is 13.7. The lowest BCUT2D eigenvalue weighted by atomic mass is 9.94. The summed E-state index contributed by atoms with van der Waals surface area (Å²) in [7, 11) is 3.01. The van der Waals surface area contributed by atoms with Gasteiger partial charge in [-0.05, 0) is 37.3 Å². The summed E-state index contributed by atoms with van der Waals surface area (Å²) in [5.74, 6) is 0.122. The molecule has 2 aliphatic heterocycles. The van der Waals surface area contributed by atoms with Gasteiger partial charge in [-0.2, -0.15) is 0 Å². The van der Waals surface area contributed by atoms with Crippen molar-refractivity contribution in [2.75, 3.05) is 14.2 Å². The molecule has 3 heterocycles. The van der Waals surface area contributed by atoms with Gasteiger partial charge in [-0.3, -0.25) is 9.59 Å². The molecule has 2 atom stereocenters. The van der Waals surface area contributed by atoms with Crippen molar-refractivity contribution in [3.05, 3.63) is 75.8 Å². The van der Waals surface area contributed by atoms with Crippen LogP contribution in [0.1, 0.15) is 28.9 Å². The number of ketones is 1. The number of hydrogen-bond donors (Lipinski definition) is 3. The van der Waals surface area contributed by atoms with Gasteiger partial charge in [0.2, 0.25) is 0 Å². The molecule has 2 aliphatic rings. The molecule has 0 fully saturated rings. The first-order valence-corrected chi connectivity index (χ1v) is 9.96. The Balaban J connectivity index is 1.70. The van der Waals surface area contributed by atoms with Crippen molar-refractivity contribution in [2.24, 2.45) is 0 Å². The van der Waals surface area contributed by atoms with Gasteiger partial charge in [0.1, 0.15) is 17.6 Å². The quantitative estimate of drug-likeness (QED) is 0.537. The van der Waals surface area contributed by atoms with Crippen LogP contribution in [0, 0.1) is 0 Å². The van der Waals surface area contributed by atoms with E-state index in [1.807, 2.05) is 18.2 Å². The predicted octanol–water partition coefficient (Wildman–Crippen LogP) is 2.54. The smallest absolute Gasteiger partial charge is 0.272 e. The number of pyridine rings is 1. The van der Waals surface area contributed by atoms with Gasteiger partial charge in [-0.1, -0.05) is 17.6 Å². The number of rotatable bonds is 4. The number of Topliss-reactive ketones (excluding diaryl/α,β-unsaturated/α-hetero) is 1. The van der Waals surface area contributed by atoms with Crippen molar-refractivity contribution in [3.63, 3.8) is 0 Å². The summed E-state index contributed by atoms with van der Waals surface area (Å²) in [5.41, 5.74) is 3.51. The van der Waals surface area contributed by atoms with Gasteiger partial charge in [0.15, 0.2) is 17.3 Å². The Morgan fingerprint density at radius 2 is 1.88 bits per heavy atom. The van der Waals surface area contributed by atoms with E-state index >= 15 is 0 Å². The lowest BCUT2D eigenvalue weighted by molar-refractivity contribution is -0.0617. The number of aromatic nitrogens is 1. The molecule has 2 unspecified atom stereocenters. The van der Waals surface area contributed by atoms with Crippen molar-refractivity contribution in [1.82, 2.24) is 15.8 Å². The number of allylic oxidation sites excluding steroid dienone is 1. The Kier molecular flexibility index (Phi) is 4.65. The van der Waals surface area contributed by atoms with Crippen molar-refractivity contribution >= 4 is 16.7 Å². The van der Waals surface area contributed by atoms with Crippen LogP contribution in [0.25, 0.3) is 10.9 Å². The van der Waals surface area contributed by atoms with E-state index in [1.54, 1.807) is 37.3 Å². The van der Waals surface area contributed by atoms with Gasteiger partial charge in [-0.15, -0.1) is 0 Å². The number of ether oxygens (including phenoxy) is 3. The van der Waals surface area contributed by atoms with Crippen molar-refractivity contribution in [1.29, 1.82) is 0 Å². The van der Waals surface area contributed by atoms with Crippen LogP contribution >= 0.6 is 0 Å². The highest BCUT2D eigenvalue weighted by molar-refractivity contribution is 6.03. The fourth-order valence-corrected chi connectivity index (χ4v) is 4.05. The summed E-state index contributed by atoms with van der Waals surface area (Å²) in [5, 5.41) is 3.78. The zero-order valence-corrected chi connectivity index (χ0v) is 17.6. The SMILES string of the molecule is COc1ccc(C(=O)C2NC3(C=C(C)ON3)Oc3c2c(=O)[nH]c2ccccc32)cc1OC. The molecule has 1 spiro atoms. The van der Waals surface area contributed by atoms with Gasteiger partial charge in [0.25, 0.3) is 11.4 Å². The Bertz CT molecular complexity index is 1330. The summed E-state index contributed by atoms with van der Waals surface area (Å²) in [6.45, 7) is 1.75. The Hall–Kier alpha value is -3.82. The number of fused-ring (bicyclic) bond motifs is 3. The Morgan fingerprint density at radius 3 is 2.59 bits per heavy atom. The lowest BCUT2D eigenvalue weighted by Gasteiger charge is -2.38. The monoisotopic (exact) mass is 435 g/mol. The van der Waals surface area contributed by atoms with Crippen molar-refractivity contribution in [3.8, 4) is 17.2 Å². The molecule has 9 heteroatoms. The number of carbonyl (C=O) groups is 1. The molecule has 32 heavy (non-hydrogen) atoms. The number of para-hydroxylation sites is 1. The van der Waals surface area contributed by atoms with Crippen LogP contribution < -0.4 is 30.6 Å². The highest BCUT2D eigenvalue weighted by Gasteiger charge is 2.47. The summed E-state index contributed by atoms with van der Waals surface area (Å²) >= 11 is 0. The fraction of sp³-hybridized carbons (Fsp3) is 0.217. The normalized spacial score (nSPS) is 21.5. The molecule has 2 aromatic carbocycles. The van der Waals surface area contributed by atoms with E-state index in [1.165, 1.54) is 14.2 Å². The second-order valence-electron chi connectivity index (χ2n) is 7.55. The molecule has 3 aromatic rings. The highest BCUT2D eigenvalue weighted by atomic mass is 16.7. The van der Waals surface area contributed by atoms with E-state index in [0.29, 0.717) is 39.5 Å². The van der Waals surface area contributed by atoms with Gasteiger partial charge in [-0.25, -0.2) is 5.32 Å². The summed E-state index contributed by atoms with van der Waals surface area (Å²) in [4.78, 5) is 35.0. The minimum atomic E-state index is -1.31. The van der Waals surface area contributed by atoms with E-state index in [-0.39, 0.29) is 11.3 Å². The first-order valence-electron chi connectivity index (χ1n) is 9.96. The fourth-order valence-electron chi connectivity index (χ4n) is 4.05. The molecule has 5 rings (SSSR count). The van der Waals surface area contributed by atoms with Crippen LogP contribution in [0.3, 0.4) is 0 Å². The average molecular weight is 435 g/mol. The maximum Gasteiger partial charge on any atom is 0.272 e. The molecule has 0 bridgehead atoms. The van der Waals surface area contributed by atoms with E-state index < -0.39 is 17.5 Å². The number of hydrogen-bond acceptors (Lipinski definition) is 8. The number of benzene rings is 2. The van der Waals surface area contributed by atoms with E-state index in [9.17, 15) is 9.59 Å². The van der Waals surface area contributed by atoms with Crippen LogP contribution in [0.15, 0.2) is 59.1 Å². The molecule has 0 radical (unpaired) electrons. The number of H-pyrrole nitrogens is 1. The lowest BCUT2D eigenvalue weighted by Crippen LogP contribution is -2.62. The van der Waals surface area contributed by atoms with Gasteiger partial charge in [0, 0.05) is 17.0 Å². The van der Waals surface area contributed by atoms with Crippen LogP contribution in [0.4, 0.5) is 0 Å². The first kappa shape index (κ1) is 20.1. The van der Waals surface area contributed by atoms with Gasteiger partial charge >= 0.3 is 0 Å². The summed E-state index contributed by atoms with van der Waals surface area (Å²) in [6.07, 6.45) is 1.68. The van der Waals surface area contributed by atoms with E-state index in [2.05, 4.69) is 15.8 Å². The van der Waals surface area contributed by atoms with Crippen molar-refractivity contribution < 1.29 is 23.8 Å². The third-order valence-electron chi connectivity index (χ3n) is 5.52. The molecular formula is C23H21N3O6. The van der Waals surface area contributed by atoms with Crippen LogP contribution in [0.2, 0.25) is 0 Å². The largest absolute Gasteiger partial charge is 0.493 e. The molecule has 1 aromatic heterocycles. The predicted molar refractivity (Wildman–Crippen MR) is 116 cm³/mol. The zero-order valence-electron chi connectivity index (χ0n) is 17.6. The van der Waals surface area contributed by atoms with Gasteiger partial charge in [0.05, 0.1) is 25.3 Å². The number of aromatic amines is 1. The highest BCUT2D eigenvalue weighted by Crippen LogP contribution is 2.40. The molecule has 0 saturated heterocycles. The van der Waals surface area contributed by atoms with Crippen LogP contribution in [0.5, 0.6) is 17.2 Å². The Labute approximate surface area is 182 Å². The number of carbonyl (C=O) groups excluding carboxylic acids is 1. The standard InChI is InChI=1S/C23H21N3O6/c1-12-11-23(26-32-12)25-19(20(27)13-8-9-16(29-2)17(10-13)30-3)18-21(31-23)14-6-4-5-7-15(14)24-22(18)28/h4-11,19,25-26H,1-3H3,(H,24,28). The van der Waals surface area contributed by atoms with Gasteiger partial charge < -0.3 is 24.0 Å². The Morgan fingerprint density at radius 1 is 1.09 bits per heavy atom. The summed E-state index contributed by atoms with van der Waals surface area (Å²) < 4.78 is 16.8. The topological polar surface area (TPSA) is 111 Å². The average Bonchev–Trinajstić information content (AvgIpc) is 3.16. The van der Waals surface area contributed by atoms with Crippen LogP contribution in [-0.2, 0) is 4.84 Å². The molecule has 0 aliphatic carbocycles. The van der Waals surface area contributed by atoms with Crippen LogP contribution in [-0.4, -0.2) is 30.8 Å². The minimum Gasteiger partial charge on any atom is -0.493 e. The molecule has 9 nitrogen and oxygen atoms in total. The summed E-state index contributed by atoms with van der Waals surface area (Å²) in [6, 6.07) is 11.1. The minimum absolute atomic E-state index is 0.189. The third-order valence-corrected chi connectivity index (χ3v) is 5.52. The molecule has 3 N–H and O–H groups in total. The number of hydroxylamine groups is 1. The second-order valence-corrected chi connectivity index (χ2v) is 7.55. The molecule has 0 amide bonds. The van der Waals surface area contributed by atoms with Crippen molar-refractivity contribution in [2.45, 2.75) is 18.8 Å². The van der Waals surface area contributed by atoms with E-state index in [0.717, 1.165) is 0 Å². The molecule has 164 valence electrons. The first-order chi connectivity index (χ1) is 15.4. The molecule has 0 saturated carbocycles. The number of nitrogens with one attached hydrogen (secondary N) is 3. The second kappa shape index (κ2) is 7.40. The molecular weight excluding hydrogens is 414 g/mol. The maximum absolute atomic E-state index is 13.7. The third kappa shape index (κ3) is 3.10.